The minimum Gasteiger partial charge on any atom is -0.356 e. The largest absolute Gasteiger partial charge is 0.356 e. The number of benzene rings is 1. The highest BCUT2D eigenvalue weighted by atomic mass is 32.2. The molecule has 1 aromatic rings. The number of nitrogens with one attached hydrogen (secondary N) is 1. The highest BCUT2D eigenvalue weighted by Crippen LogP contribution is 2.12. The van der Waals surface area contributed by atoms with Gasteiger partial charge in [-0.15, -0.1) is 0 Å². The molecule has 0 heterocycles. The second kappa shape index (κ2) is 5.82. The predicted molar refractivity (Wildman–Crippen MR) is 66.5 cm³/mol. The zero-order valence-electron chi connectivity index (χ0n) is 10.1. The maximum Gasteiger partial charge on any atom is 0.216 e. The van der Waals surface area contributed by atoms with Gasteiger partial charge in [0.05, 0.1) is 10.6 Å². The molecule has 0 aliphatic heterocycles. The molecule has 1 aromatic carbocycles. The Balaban J connectivity index is 2.57. The van der Waals surface area contributed by atoms with Crippen LogP contribution in [0.2, 0.25) is 0 Å². The SMILES string of the molecule is CC(=O)NCCCS(=O)(=O)c1ccc(C)cc1. The zero-order chi connectivity index (χ0) is 12.9. The van der Waals surface area contributed by atoms with E-state index in [2.05, 4.69) is 5.32 Å². The maximum absolute atomic E-state index is 11.9. The fourth-order valence-electron chi connectivity index (χ4n) is 1.39. The van der Waals surface area contributed by atoms with E-state index in [9.17, 15) is 13.2 Å². The first kappa shape index (κ1) is 13.7. The molecule has 0 fully saturated rings. The van der Waals surface area contributed by atoms with Crippen molar-refractivity contribution in [2.24, 2.45) is 0 Å². The minimum atomic E-state index is -3.23. The van der Waals surface area contributed by atoms with Gasteiger partial charge in [-0.3, -0.25) is 4.79 Å². The topological polar surface area (TPSA) is 63.2 Å². The second-order valence-electron chi connectivity index (χ2n) is 3.97. The van der Waals surface area contributed by atoms with Crippen LogP contribution in [-0.4, -0.2) is 26.6 Å². The standard InChI is InChI=1S/C12H17NO3S/c1-10-4-6-12(7-5-10)17(15,16)9-3-8-13-11(2)14/h4-7H,3,8-9H2,1-2H3,(H,13,14). The molecule has 1 N–H and O–H groups in total. The molecule has 0 saturated heterocycles. The lowest BCUT2D eigenvalue weighted by molar-refractivity contribution is -0.118. The Hall–Kier alpha value is -1.36. The molecular formula is C12H17NO3S. The minimum absolute atomic E-state index is 0.0519. The highest BCUT2D eigenvalue weighted by Gasteiger charge is 2.13. The van der Waals surface area contributed by atoms with E-state index < -0.39 is 9.84 Å². The summed E-state index contributed by atoms with van der Waals surface area (Å²) in [5, 5.41) is 2.58. The molecule has 0 aliphatic carbocycles. The van der Waals surface area contributed by atoms with Crippen LogP contribution in [0.25, 0.3) is 0 Å². The normalized spacial score (nSPS) is 11.2. The van der Waals surface area contributed by atoms with Crippen molar-refractivity contribution in [3.63, 3.8) is 0 Å². The van der Waals surface area contributed by atoms with Gasteiger partial charge in [0.2, 0.25) is 5.91 Å². The Kier molecular flexibility index (Phi) is 4.69. The lowest BCUT2D eigenvalue weighted by Crippen LogP contribution is -2.23. The van der Waals surface area contributed by atoms with Crippen LogP contribution >= 0.6 is 0 Å². The number of rotatable bonds is 5. The first-order valence-corrected chi connectivity index (χ1v) is 7.11. The number of aryl methyl sites for hydroxylation is 1. The van der Waals surface area contributed by atoms with Crippen molar-refractivity contribution in [2.75, 3.05) is 12.3 Å². The molecule has 0 unspecified atom stereocenters. The smallest absolute Gasteiger partial charge is 0.216 e. The summed E-state index contributed by atoms with van der Waals surface area (Å²) in [6.07, 6.45) is 0.426. The fourth-order valence-corrected chi connectivity index (χ4v) is 2.70. The van der Waals surface area contributed by atoms with E-state index in [1.54, 1.807) is 24.3 Å². The van der Waals surface area contributed by atoms with Gasteiger partial charge < -0.3 is 5.32 Å². The quantitative estimate of drug-likeness (QED) is 0.806. The van der Waals surface area contributed by atoms with Crippen LogP contribution in [0.5, 0.6) is 0 Å². The van der Waals surface area contributed by atoms with Crippen molar-refractivity contribution >= 4 is 15.7 Å². The first-order chi connectivity index (χ1) is 7.92. The summed E-state index contributed by atoms with van der Waals surface area (Å²) in [4.78, 5) is 11.0. The Morgan fingerprint density at radius 2 is 1.82 bits per heavy atom. The summed E-state index contributed by atoms with van der Waals surface area (Å²) in [6, 6.07) is 6.79. The Morgan fingerprint density at radius 1 is 1.24 bits per heavy atom. The molecule has 1 amide bonds. The van der Waals surface area contributed by atoms with E-state index in [1.165, 1.54) is 6.92 Å². The molecule has 0 atom stereocenters. The fraction of sp³-hybridized carbons (Fsp3) is 0.417. The number of hydrogen-bond donors (Lipinski definition) is 1. The van der Waals surface area contributed by atoms with Gasteiger partial charge in [0.1, 0.15) is 0 Å². The van der Waals surface area contributed by atoms with Crippen molar-refractivity contribution < 1.29 is 13.2 Å². The number of amides is 1. The van der Waals surface area contributed by atoms with Crippen molar-refractivity contribution in [3.8, 4) is 0 Å². The molecule has 0 aliphatic rings. The first-order valence-electron chi connectivity index (χ1n) is 5.46. The molecule has 17 heavy (non-hydrogen) atoms. The highest BCUT2D eigenvalue weighted by molar-refractivity contribution is 7.91. The maximum atomic E-state index is 11.9. The molecule has 94 valence electrons. The van der Waals surface area contributed by atoms with Gasteiger partial charge in [-0.2, -0.15) is 0 Å². The van der Waals surface area contributed by atoms with Crippen molar-refractivity contribution in [1.29, 1.82) is 0 Å². The average molecular weight is 255 g/mol. The van der Waals surface area contributed by atoms with E-state index in [-0.39, 0.29) is 11.7 Å². The summed E-state index contributed by atoms with van der Waals surface area (Å²) in [5.41, 5.74) is 1.03. The van der Waals surface area contributed by atoms with Gasteiger partial charge in [0, 0.05) is 13.5 Å². The molecular weight excluding hydrogens is 238 g/mol. The van der Waals surface area contributed by atoms with E-state index in [1.807, 2.05) is 6.92 Å². The van der Waals surface area contributed by atoms with Gasteiger partial charge in [-0.05, 0) is 25.5 Å². The van der Waals surface area contributed by atoms with Gasteiger partial charge in [0.25, 0.3) is 0 Å². The molecule has 0 radical (unpaired) electrons. The van der Waals surface area contributed by atoms with E-state index in [0.29, 0.717) is 17.9 Å². The molecule has 0 bridgehead atoms. The number of carbonyl (C=O) groups is 1. The third kappa shape index (κ3) is 4.56. The Labute approximate surface area is 102 Å². The summed E-state index contributed by atoms with van der Waals surface area (Å²) in [6.45, 7) is 3.71. The van der Waals surface area contributed by atoms with Gasteiger partial charge in [-0.1, -0.05) is 17.7 Å². The number of hydrogen-bond acceptors (Lipinski definition) is 3. The summed E-state index contributed by atoms with van der Waals surface area (Å²) in [7, 11) is -3.23. The predicted octanol–water partition coefficient (Wildman–Crippen LogP) is 1.29. The van der Waals surface area contributed by atoms with Crippen LogP contribution in [-0.2, 0) is 14.6 Å². The molecule has 4 nitrogen and oxygen atoms in total. The zero-order valence-corrected chi connectivity index (χ0v) is 10.9. The van der Waals surface area contributed by atoms with Gasteiger partial charge in [-0.25, -0.2) is 8.42 Å². The van der Waals surface area contributed by atoms with Crippen LogP contribution in [0.4, 0.5) is 0 Å². The van der Waals surface area contributed by atoms with Crippen LogP contribution in [0.15, 0.2) is 29.2 Å². The van der Waals surface area contributed by atoms with Crippen LogP contribution in [0.1, 0.15) is 18.9 Å². The van der Waals surface area contributed by atoms with Crippen molar-refractivity contribution in [1.82, 2.24) is 5.32 Å². The third-order valence-corrected chi connectivity index (χ3v) is 4.16. The van der Waals surface area contributed by atoms with Crippen LogP contribution < -0.4 is 5.32 Å². The Bertz CT molecular complexity index is 477. The lowest BCUT2D eigenvalue weighted by atomic mass is 10.2. The van der Waals surface area contributed by atoms with Crippen LogP contribution in [0.3, 0.4) is 0 Å². The average Bonchev–Trinajstić information content (AvgIpc) is 2.25. The van der Waals surface area contributed by atoms with Crippen LogP contribution in [0, 0.1) is 6.92 Å². The Morgan fingerprint density at radius 3 is 2.35 bits per heavy atom. The summed E-state index contributed by atoms with van der Waals surface area (Å²) < 4.78 is 23.8. The van der Waals surface area contributed by atoms with E-state index in [4.69, 9.17) is 0 Å². The lowest BCUT2D eigenvalue weighted by Gasteiger charge is -2.05. The van der Waals surface area contributed by atoms with Crippen molar-refractivity contribution in [2.45, 2.75) is 25.2 Å². The second-order valence-corrected chi connectivity index (χ2v) is 6.08. The molecule has 5 heteroatoms. The molecule has 1 rings (SSSR count). The third-order valence-electron chi connectivity index (χ3n) is 2.34. The monoisotopic (exact) mass is 255 g/mol. The molecule has 0 spiro atoms. The summed E-state index contributed by atoms with van der Waals surface area (Å²) in [5.74, 6) is -0.0891. The number of carbonyl (C=O) groups excluding carboxylic acids is 1. The number of sulfone groups is 1. The molecule has 0 aromatic heterocycles. The van der Waals surface area contributed by atoms with E-state index >= 15 is 0 Å². The summed E-state index contributed by atoms with van der Waals surface area (Å²) >= 11 is 0. The van der Waals surface area contributed by atoms with Crippen molar-refractivity contribution in [3.05, 3.63) is 29.8 Å². The molecule has 0 saturated carbocycles. The van der Waals surface area contributed by atoms with Gasteiger partial charge in [0.15, 0.2) is 9.84 Å². The van der Waals surface area contributed by atoms with E-state index in [0.717, 1.165) is 5.56 Å². The van der Waals surface area contributed by atoms with Gasteiger partial charge >= 0.3 is 0 Å².